The molecule has 0 amide bonds. The van der Waals surface area contributed by atoms with E-state index in [4.69, 9.17) is 0 Å². The molecule has 0 bridgehead atoms. The Bertz CT molecular complexity index is 1760. The zero-order chi connectivity index (χ0) is 25.8. The Hall–Kier alpha value is -4.31. The monoisotopic (exact) mass is 531 g/mol. The van der Waals surface area contributed by atoms with E-state index < -0.39 is 8.07 Å². The van der Waals surface area contributed by atoms with E-state index in [1.54, 1.807) is 0 Å². The fraction of sp³-hybridized carbons (Fsp3) is 0. The molecule has 2 aliphatic rings. The molecule has 1 spiro atoms. The lowest BCUT2D eigenvalue weighted by Crippen LogP contribution is -2.74. The molecule has 0 radical (unpaired) electrons. The van der Waals surface area contributed by atoms with Crippen LogP contribution < -0.4 is 25.6 Å². The second-order valence-corrected chi connectivity index (χ2v) is 14.9. The molecule has 39 heavy (non-hydrogen) atoms. The Morgan fingerprint density at radius 3 is 1.49 bits per heavy atom. The highest BCUT2D eigenvalue weighted by Gasteiger charge is 2.52. The van der Waals surface area contributed by atoms with Crippen molar-refractivity contribution in [1.82, 2.24) is 0 Å². The van der Waals surface area contributed by atoms with Crippen LogP contribution in [0.1, 0.15) is 0 Å². The molecular weight excluding hydrogens is 507 g/mol. The zero-order valence-corrected chi connectivity index (χ0v) is 23.1. The zero-order valence-electron chi connectivity index (χ0n) is 21.3. The van der Waals surface area contributed by atoms with Crippen molar-refractivity contribution in [2.45, 2.75) is 9.79 Å². The lowest BCUT2D eigenvalue weighted by atomic mass is 10.0. The van der Waals surface area contributed by atoms with Gasteiger partial charge in [-0.3, -0.25) is 0 Å². The summed E-state index contributed by atoms with van der Waals surface area (Å²) >= 11 is 1.92. The number of nitrogens with zero attached hydrogens (tertiary/aromatic N) is 1. The summed E-state index contributed by atoms with van der Waals surface area (Å²) in [6.45, 7) is 0. The molecule has 0 aliphatic carbocycles. The quantitative estimate of drug-likeness (QED) is 0.226. The van der Waals surface area contributed by atoms with Crippen molar-refractivity contribution in [3.05, 3.63) is 152 Å². The second kappa shape index (κ2) is 8.87. The summed E-state index contributed by atoms with van der Waals surface area (Å²) in [7, 11) is -2.53. The molecule has 3 heteroatoms. The number of rotatable bonds is 3. The van der Waals surface area contributed by atoms with E-state index in [2.05, 4.69) is 157 Å². The van der Waals surface area contributed by atoms with Gasteiger partial charge in [0.1, 0.15) is 0 Å². The first kappa shape index (κ1) is 22.7. The summed E-state index contributed by atoms with van der Waals surface area (Å²) in [6, 6.07) is 56.0. The van der Waals surface area contributed by atoms with Crippen molar-refractivity contribution in [2.24, 2.45) is 0 Å². The highest BCUT2D eigenvalue weighted by molar-refractivity contribution is 8.00. The largest absolute Gasteiger partial charge is 0.311 e. The molecule has 6 aromatic carbocycles. The van der Waals surface area contributed by atoms with Crippen molar-refractivity contribution < 1.29 is 0 Å². The van der Waals surface area contributed by atoms with Crippen LogP contribution in [-0.2, 0) is 0 Å². The van der Waals surface area contributed by atoms with E-state index >= 15 is 0 Å². The second-order valence-electron chi connectivity index (χ2n) is 10.1. The normalized spacial score (nSPS) is 13.7. The lowest BCUT2D eigenvalue weighted by molar-refractivity contribution is 1.29. The molecule has 0 N–H and O–H groups in total. The number of fused-ring (bicyclic) bond motifs is 9. The minimum absolute atomic E-state index is 1.16. The molecule has 0 saturated carbocycles. The van der Waals surface area contributed by atoms with E-state index in [1.165, 1.54) is 47.4 Å². The van der Waals surface area contributed by atoms with Gasteiger partial charge in [0.2, 0.25) is 0 Å². The summed E-state index contributed by atoms with van der Waals surface area (Å²) in [5.74, 6) is 0. The minimum Gasteiger partial charge on any atom is -0.311 e. The van der Waals surface area contributed by atoms with E-state index in [0.29, 0.717) is 0 Å². The van der Waals surface area contributed by atoms with Crippen LogP contribution in [-0.4, -0.2) is 8.07 Å². The van der Waals surface area contributed by atoms with Crippen molar-refractivity contribution in [2.75, 3.05) is 4.90 Å². The summed E-state index contributed by atoms with van der Waals surface area (Å²) < 4.78 is 0. The third-order valence-electron chi connectivity index (χ3n) is 8.12. The van der Waals surface area contributed by atoms with Crippen molar-refractivity contribution in [1.29, 1.82) is 0 Å². The Morgan fingerprint density at radius 2 is 0.872 bits per heavy atom. The third-order valence-corrected chi connectivity index (χ3v) is 14.6. The molecule has 0 saturated heterocycles. The van der Waals surface area contributed by atoms with Gasteiger partial charge in [0.15, 0.2) is 8.07 Å². The van der Waals surface area contributed by atoms with Crippen molar-refractivity contribution in [3.63, 3.8) is 0 Å². The number of hydrogen-bond donors (Lipinski definition) is 0. The standard InChI is InChI=1S/C36H25NSSi/c1-3-13-26(14-4-1)37(27-15-5-2-6-16-27)28-23-24-30-29-17-7-10-20-33(29)39(36(30)25-28)34-21-11-8-18-31(34)38-32-19-9-12-22-35(32)39/h1-25H. The third kappa shape index (κ3) is 3.27. The van der Waals surface area contributed by atoms with Crippen LogP contribution in [0.3, 0.4) is 0 Å². The SMILES string of the molecule is c1ccc(N(c2ccccc2)c2ccc3c(c2)[Si]2(c4ccccc4Sc4ccccc42)c2ccccc2-3)cc1. The summed E-state index contributed by atoms with van der Waals surface area (Å²) in [4.78, 5) is 5.17. The van der Waals surface area contributed by atoms with E-state index in [0.717, 1.165) is 11.4 Å². The first-order valence-electron chi connectivity index (χ1n) is 13.4. The Kier molecular flexibility index (Phi) is 5.15. The molecule has 6 aromatic rings. The fourth-order valence-electron chi connectivity index (χ4n) is 6.58. The van der Waals surface area contributed by atoms with Gasteiger partial charge in [-0.15, -0.1) is 0 Å². The maximum atomic E-state index is 2.51. The maximum Gasteiger partial charge on any atom is 0.183 e. The van der Waals surface area contributed by atoms with Gasteiger partial charge in [-0.1, -0.05) is 115 Å². The van der Waals surface area contributed by atoms with Crippen LogP contribution >= 0.6 is 11.8 Å². The van der Waals surface area contributed by atoms with Gasteiger partial charge in [0, 0.05) is 26.9 Å². The predicted octanol–water partition coefficient (Wildman–Crippen LogP) is 6.98. The van der Waals surface area contributed by atoms with Crippen LogP contribution in [0.5, 0.6) is 0 Å². The highest BCUT2D eigenvalue weighted by atomic mass is 32.2. The topological polar surface area (TPSA) is 3.24 Å². The van der Waals surface area contributed by atoms with Gasteiger partial charge in [-0.05, 0) is 80.4 Å². The van der Waals surface area contributed by atoms with Gasteiger partial charge in [0.25, 0.3) is 0 Å². The van der Waals surface area contributed by atoms with Crippen LogP contribution in [0.2, 0.25) is 0 Å². The molecule has 0 unspecified atom stereocenters. The van der Waals surface area contributed by atoms with E-state index in [9.17, 15) is 0 Å². The Labute approximate surface area is 234 Å². The molecular formula is C36H25NSSi. The molecule has 0 aromatic heterocycles. The lowest BCUT2D eigenvalue weighted by Gasteiger charge is -2.38. The summed E-state index contributed by atoms with van der Waals surface area (Å²) in [5, 5.41) is 5.99. The Balaban J connectivity index is 1.46. The number of benzene rings is 6. The number of hydrogen-bond acceptors (Lipinski definition) is 2. The smallest absolute Gasteiger partial charge is 0.183 e. The minimum atomic E-state index is -2.53. The van der Waals surface area contributed by atoms with Gasteiger partial charge in [-0.25, -0.2) is 0 Å². The molecule has 2 heterocycles. The highest BCUT2D eigenvalue weighted by Crippen LogP contribution is 2.40. The fourth-order valence-corrected chi connectivity index (χ4v) is 14.0. The van der Waals surface area contributed by atoms with Crippen LogP contribution in [0, 0.1) is 0 Å². The first-order chi connectivity index (χ1) is 19.4. The average Bonchev–Trinajstić information content (AvgIpc) is 3.29. The van der Waals surface area contributed by atoms with Crippen molar-refractivity contribution in [3.8, 4) is 11.1 Å². The average molecular weight is 532 g/mol. The molecule has 1 nitrogen and oxygen atoms in total. The Morgan fingerprint density at radius 1 is 0.385 bits per heavy atom. The predicted molar refractivity (Wildman–Crippen MR) is 168 cm³/mol. The van der Waals surface area contributed by atoms with E-state index in [1.807, 2.05) is 11.8 Å². The van der Waals surface area contributed by atoms with Crippen LogP contribution in [0.25, 0.3) is 11.1 Å². The molecule has 2 aliphatic heterocycles. The first-order valence-corrected chi connectivity index (χ1v) is 16.2. The molecule has 0 fully saturated rings. The molecule has 8 rings (SSSR count). The summed E-state index contributed by atoms with van der Waals surface area (Å²) in [6.07, 6.45) is 0. The van der Waals surface area contributed by atoms with E-state index in [-0.39, 0.29) is 0 Å². The van der Waals surface area contributed by atoms with Gasteiger partial charge < -0.3 is 4.90 Å². The van der Waals surface area contributed by atoms with Gasteiger partial charge in [-0.2, -0.15) is 0 Å². The summed E-state index contributed by atoms with van der Waals surface area (Å²) in [5.41, 5.74) is 6.27. The van der Waals surface area contributed by atoms with Crippen molar-refractivity contribution >= 4 is 57.6 Å². The van der Waals surface area contributed by atoms with Gasteiger partial charge in [0.05, 0.1) is 0 Å². The van der Waals surface area contributed by atoms with Crippen LogP contribution in [0.15, 0.2) is 161 Å². The number of para-hydroxylation sites is 2. The van der Waals surface area contributed by atoms with Gasteiger partial charge >= 0.3 is 0 Å². The number of anilines is 3. The molecule has 184 valence electrons. The molecule has 0 atom stereocenters. The van der Waals surface area contributed by atoms with Crippen LogP contribution in [0.4, 0.5) is 17.1 Å². The maximum absolute atomic E-state index is 2.53.